The maximum Gasteiger partial charge on any atom is 0.356 e. The van der Waals surface area contributed by atoms with Crippen molar-refractivity contribution in [1.29, 1.82) is 0 Å². The first-order chi connectivity index (χ1) is 13.0. The summed E-state index contributed by atoms with van der Waals surface area (Å²) in [6.07, 6.45) is 0. The molecule has 0 aromatic heterocycles. The fourth-order valence-corrected chi connectivity index (χ4v) is 2.15. The lowest BCUT2D eigenvalue weighted by Gasteiger charge is -2.24. The number of hydrogen-bond acceptors (Lipinski definition) is 8. The van der Waals surface area contributed by atoms with Crippen LogP contribution < -0.4 is 9.47 Å². The molecule has 0 N–H and O–H groups in total. The van der Waals surface area contributed by atoms with Gasteiger partial charge in [-0.3, -0.25) is 0 Å². The second-order valence-corrected chi connectivity index (χ2v) is 5.14. The molecule has 0 saturated heterocycles. The number of para-hydroxylation sites is 2. The van der Waals surface area contributed by atoms with Crippen LogP contribution in [0.2, 0.25) is 0 Å². The molecule has 0 spiro atoms. The zero-order chi connectivity index (χ0) is 19.9. The fourth-order valence-electron chi connectivity index (χ4n) is 2.15. The zero-order valence-corrected chi connectivity index (χ0v) is 14.5. The van der Waals surface area contributed by atoms with Crippen LogP contribution in [-0.2, 0) is 28.7 Å². The average Bonchev–Trinajstić information content (AvgIpc) is 2.69. The first-order valence-corrected chi connectivity index (χ1v) is 7.68. The summed E-state index contributed by atoms with van der Waals surface area (Å²) in [6, 6.07) is 15.2. The first kappa shape index (κ1) is 19.6. The Morgan fingerprint density at radius 2 is 0.926 bits per heavy atom. The van der Waals surface area contributed by atoms with Crippen LogP contribution in [0.4, 0.5) is 0 Å². The van der Waals surface area contributed by atoms with Gasteiger partial charge in [-0.2, -0.15) is 0 Å². The lowest BCUT2D eigenvalue weighted by Crippen LogP contribution is -2.57. The summed E-state index contributed by atoms with van der Waals surface area (Å²) in [5.41, 5.74) is -3.10. The molecule has 0 aliphatic carbocycles. The summed E-state index contributed by atoms with van der Waals surface area (Å²) < 4.78 is 19.1. The van der Waals surface area contributed by atoms with E-state index in [-0.39, 0.29) is 11.5 Å². The third kappa shape index (κ3) is 3.95. The molecule has 0 heterocycles. The van der Waals surface area contributed by atoms with Crippen molar-refractivity contribution < 1.29 is 38.1 Å². The highest BCUT2D eigenvalue weighted by molar-refractivity contribution is 6.33. The van der Waals surface area contributed by atoms with E-state index in [0.717, 1.165) is 14.2 Å². The third-order valence-corrected chi connectivity index (χ3v) is 3.50. The lowest BCUT2D eigenvalue weighted by molar-refractivity contribution is -0.184. The Balaban J connectivity index is 2.48. The van der Waals surface area contributed by atoms with Crippen molar-refractivity contribution in [2.45, 2.75) is 0 Å². The molecule has 0 radical (unpaired) electrons. The lowest BCUT2D eigenvalue weighted by atomic mass is 9.88. The van der Waals surface area contributed by atoms with E-state index in [2.05, 4.69) is 9.47 Å². The Kier molecular flexibility index (Phi) is 6.27. The van der Waals surface area contributed by atoms with Gasteiger partial charge in [0.15, 0.2) is 0 Å². The minimum atomic E-state index is -3.10. The fraction of sp³-hybridized carbons (Fsp3) is 0.158. The predicted molar refractivity (Wildman–Crippen MR) is 90.6 cm³/mol. The molecule has 140 valence electrons. The van der Waals surface area contributed by atoms with E-state index in [1.165, 1.54) is 24.3 Å². The standard InChI is InChI=1S/C19H16O8/c1-24-15(20)19(16(21)25-2,17(22)26-13-9-5-3-6-10-13)18(23)27-14-11-7-4-8-12-14/h3-12H,1-2H3. The summed E-state index contributed by atoms with van der Waals surface area (Å²) in [7, 11) is 1.82. The summed E-state index contributed by atoms with van der Waals surface area (Å²) >= 11 is 0. The van der Waals surface area contributed by atoms with Gasteiger partial charge in [0.05, 0.1) is 14.2 Å². The van der Waals surface area contributed by atoms with Gasteiger partial charge in [0.25, 0.3) is 0 Å². The monoisotopic (exact) mass is 372 g/mol. The van der Waals surface area contributed by atoms with Gasteiger partial charge in [0.2, 0.25) is 0 Å². The SMILES string of the molecule is COC(=O)C(C(=O)OC)(C(=O)Oc1ccccc1)C(=O)Oc1ccccc1. The van der Waals surface area contributed by atoms with Crippen LogP contribution in [0.5, 0.6) is 11.5 Å². The van der Waals surface area contributed by atoms with Gasteiger partial charge in [-0.1, -0.05) is 36.4 Å². The van der Waals surface area contributed by atoms with Crippen molar-refractivity contribution in [3.8, 4) is 11.5 Å². The van der Waals surface area contributed by atoms with Gasteiger partial charge in [-0.25, -0.2) is 19.2 Å². The minimum absolute atomic E-state index is 0.00666. The zero-order valence-electron chi connectivity index (χ0n) is 14.5. The van der Waals surface area contributed by atoms with Gasteiger partial charge in [0.1, 0.15) is 11.5 Å². The normalized spacial score (nSPS) is 10.4. The van der Waals surface area contributed by atoms with Crippen LogP contribution in [0.3, 0.4) is 0 Å². The quantitative estimate of drug-likeness (QED) is 0.427. The highest BCUT2D eigenvalue weighted by atomic mass is 16.6. The number of ether oxygens (including phenoxy) is 4. The number of hydrogen-bond donors (Lipinski definition) is 0. The molecule has 8 heteroatoms. The molecule has 0 bridgehead atoms. The van der Waals surface area contributed by atoms with Crippen LogP contribution in [-0.4, -0.2) is 38.1 Å². The van der Waals surface area contributed by atoms with Gasteiger partial charge < -0.3 is 18.9 Å². The molecule has 0 fully saturated rings. The molecule has 2 aromatic rings. The average molecular weight is 372 g/mol. The molecule has 0 aliphatic rings. The molecule has 0 unspecified atom stereocenters. The van der Waals surface area contributed by atoms with Gasteiger partial charge in [-0.15, -0.1) is 0 Å². The first-order valence-electron chi connectivity index (χ1n) is 7.68. The Morgan fingerprint density at radius 3 is 1.22 bits per heavy atom. The molecule has 2 aromatic carbocycles. The van der Waals surface area contributed by atoms with Crippen molar-refractivity contribution >= 4 is 23.9 Å². The number of benzene rings is 2. The molecule has 0 amide bonds. The van der Waals surface area contributed by atoms with Gasteiger partial charge in [0, 0.05) is 0 Å². The molecular formula is C19H16O8. The molecule has 0 atom stereocenters. The minimum Gasteiger partial charge on any atom is -0.467 e. The van der Waals surface area contributed by atoms with Gasteiger partial charge in [-0.05, 0) is 24.3 Å². The Bertz CT molecular complexity index is 758. The number of carbonyl (C=O) groups excluding carboxylic acids is 4. The summed E-state index contributed by atoms with van der Waals surface area (Å²) in [5, 5.41) is 0. The Morgan fingerprint density at radius 1 is 0.593 bits per heavy atom. The van der Waals surface area contributed by atoms with E-state index >= 15 is 0 Å². The van der Waals surface area contributed by atoms with E-state index in [1.807, 2.05) is 0 Å². The van der Waals surface area contributed by atoms with E-state index in [1.54, 1.807) is 36.4 Å². The second-order valence-electron chi connectivity index (χ2n) is 5.14. The van der Waals surface area contributed by atoms with Gasteiger partial charge >= 0.3 is 29.3 Å². The highest BCUT2D eigenvalue weighted by Crippen LogP contribution is 2.28. The molecular weight excluding hydrogens is 356 g/mol. The van der Waals surface area contributed by atoms with Crippen LogP contribution in [0.15, 0.2) is 60.7 Å². The summed E-state index contributed by atoms with van der Waals surface area (Å²) in [4.78, 5) is 50.2. The number of rotatable bonds is 6. The Labute approximate surface area is 154 Å². The topological polar surface area (TPSA) is 105 Å². The van der Waals surface area contributed by atoms with Crippen molar-refractivity contribution in [2.24, 2.45) is 5.41 Å². The molecule has 27 heavy (non-hydrogen) atoms. The largest absolute Gasteiger partial charge is 0.467 e. The van der Waals surface area contributed by atoms with Crippen LogP contribution in [0, 0.1) is 5.41 Å². The van der Waals surface area contributed by atoms with E-state index < -0.39 is 29.3 Å². The van der Waals surface area contributed by atoms with Crippen LogP contribution in [0.25, 0.3) is 0 Å². The summed E-state index contributed by atoms with van der Waals surface area (Å²) in [5.74, 6) is -5.98. The maximum atomic E-state index is 12.7. The maximum absolute atomic E-state index is 12.7. The molecule has 8 nitrogen and oxygen atoms in total. The van der Waals surface area contributed by atoms with E-state index in [4.69, 9.17) is 9.47 Å². The molecule has 2 rings (SSSR count). The second kappa shape index (κ2) is 8.61. The van der Waals surface area contributed by atoms with E-state index in [9.17, 15) is 19.2 Å². The van der Waals surface area contributed by atoms with Crippen molar-refractivity contribution in [3.05, 3.63) is 60.7 Å². The van der Waals surface area contributed by atoms with E-state index in [0.29, 0.717) is 0 Å². The third-order valence-electron chi connectivity index (χ3n) is 3.50. The number of carbonyl (C=O) groups is 4. The summed E-state index contributed by atoms with van der Waals surface area (Å²) in [6.45, 7) is 0. The van der Waals surface area contributed by atoms with Crippen LogP contribution >= 0.6 is 0 Å². The molecule has 0 aliphatic heterocycles. The molecule has 0 saturated carbocycles. The van der Waals surface area contributed by atoms with Crippen LogP contribution in [0.1, 0.15) is 0 Å². The smallest absolute Gasteiger partial charge is 0.356 e. The number of methoxy groups -OCH3 is 2. The Hall–Kier alpha value is -3.68. The highest BCUT2D eigenvalue weighted by Gasteiger charge is 2.65. The predicted octanol–water partition coefficient (Wildman–Crippen LogP) is 1.53. The van der Waals surface area contributed by atoms with Crippen molar-refractivity contribution in [1.82, 2.24) is 0 Å². The van der Waals surface area contributed by atoms with Crippen molar-refractivity contribution in [2.75, 3.05) is 14.2 Å². The number of esters is 4. The van der Waals surface area contributed by atoms with Crippen molar-refractivity contribution in [3.63, 3.8) is 0 Å².